The van der Waals surface area contributed by atoms with E-state index in [2.05, 4.69) is 4.98 Å². The van der Waals surface area contributed by atoms with Gasteiger partial charge in [0.2, 0.25) is 5.89 Å². The van der Waals surface area contributed by atoms with Gasteiger partial charge < -0.3 is 9.15 Å². The average Bonchev–Trinajstić information content (AvgIpc) is 3.01. The van der Waals surface area contributed by atoms with Crippen molar-refractivity contribution in [2.45, 2.75) is 13.5 Å². The maximum atomic E-state index is 11.8. The lowest BCUT2D eigenvalue weighted by Crippen LogP contribution is -2.02. The molecule has 1 heterocycles. The first kappa shape index (κ1) is 15.7. The van der Waals surface area contributed by atoms with Crippen LogP contribution in [0.15, 0.2) is 71.2 Å². The number of nitrogens with zero attached hydrogens (tertiary/aromatic N) is 1. The molecule has 4 heteroatoms. The van der Waals surface area contributed by atoms with Crippen molar-refractivity contribution in [1.29, 1.82) is 0 Å². The number of hydrogen-bond donors (Lipinski definition) is 0. The van der Waals surface area contributed by atoms with Crippen LogP contribution in [0.1, 0.15) is 17.0 Å². The van der Waals surface area contributed by atoms with E-state index in [1.807, 2.05) is 67.6 Å². The Bertz CT molecular complexity index is 836. The molecule has 0 saturated carbocycles. The number of carbonyl (C=O) groups is 1. The number of aromatic nitrogens is 1. The smallest absolute Gasteiger partial charge is 0.331 e. The Hall–Kier alpha value is -3.14. The lowest BCUT2D eigenvalue weighted by molar-refractivity contribution is -0.139. The van der Waals surface area contributed by atoms with Gasteiger partial charge in [-0.1, -0.05) is 48.5 Å². The molecule has 0 amide bonds. The van der Waals surface area contributed by atoms with E-state index in [-0.39, 0.29) is 6.61 Å². The number of aryl methyl sites for hydroxylation is 1. The van der Waals surface area contributed by atoms with E-state index >= 15 is 0 Å². The second-order valence-corrected chi connectivity index (χ2v) is 5.24. The zero-order valence-corrected chi connectivity index (χ0v) is 13.3. The van der Waals surface area contributed by atoms with Gasteiger partial charge in [-0.2, -0.15) is 0 Å². The first-order valence-corrected chi connectivity index (χ1v) is 7.64. The van der Waals surface area contributed by atoms with E-state index in [0.717, 1.165) is 11.1 Å². The predicted molar refractivity (Wildman–Crippen MR) is 91.9 cm³/mol. The number of oxazole rings is 1. The summed E-state index contributed by atoms with van der Waals surface area (Å²) in [7, 11) is 0. The molecule has 120 valence electrons. The highest BCUT2D eigenvalue weighted by molar-refractivity contribution is 5.87. The van der Waals surface area contributed by atoms with Crippen LogP contribution >= 0.6 is 0 Å². The number of hydrogen-bond acceptors (Lipinski definition) is 4. The molecule has 4 nitrogen and oxygen atoms in total. The molecule has 3 rings (SSSR count). The molecule has 1 aromatic heterocycles. The van der Waals surface area contributed by atoms with Crippen molar-refractivity contribution in [2.75, 3.05) is 0 Å². The third-order valence-corrected chi connectivity index (χ3v) is 3.48. The van der Waals surface area contributed by atoms with Crippen molar-refractivity contribution < 1.29 is 13.9 Å². The van der Waals surface area contributed by atoms with Gasteiger partial charge in [-0.05, 0) is 30.7 Å². The fourth-order valence-electron chi connectivity index (χ4n) is 2.18. The topological polar surface area (TPSA) is 52.3 Å². The van der Waals surface area contributed by atoms with Gasteiger partial charge in [0.1, 0.15) is 18.1 Å². The van der Waals surface area contributed by atoms with E-state index in [4.69, 9.17) is 9.15 Å². The van der Waals surface area contributed by atoms with Crippen LogP contribution < -0.4 is 0 Å². The lowest BCUT2D eigenvalue weighted by Gasteiger charge is -1.99. The quantitative estimate of drug-likeness (QED) is 0.516. The van der Waals surface area contributed by atoms with Gasteiger partial charge in [-0.3, -0.25) is 0 Å². The molecular formula is C20H17NO3. The minimum Gasteiger partial charge on any atom is -0.456 e. The molecule has 0 radical (unpaired) electrons. The number of ether oxygens (including phenoxy) is 1. The Labute approximate surface area is 140 Å². The van der Waals surface area contributed by atoms with Gasteiger partial charge >= 0.3 is 5.97 Å². The van der Waals surface area contributed by atoms with E-state index in [1.54, 1.807) is 6.08 Å². The van der Waals surface area contributed by atoms with Crippen molar-refractivity contribution in [2.24, 2.45) is 0 Å². The van der Waals surface area contributed by atoms with Gasteiger partial charge in [0.15, 0.2) is 0 Å². The predicted octanol–water partition coefficient (Wildman–Crippen LogP) is 4.41. The summed E-state index contributed by atoms with van der Waals surface area (Å²) < 4.78 is 10.9. The van der Waals surface area contributed by atoms with Crippen LogP contribution in [-0.4, -0.2) is 11.0 Å². The van der Waals surface area contributed by atoms with Crippen molar-refractivity contribution in [3.8, 4) is 11.5 Å². The first-order valence-electron chi connectivity index (χ1n) is 7.64. The van der Waals surface area contributed by atoms with E-state index in [0.29, 0.717) is 17.3 Å². The summed E-state index contributed by atoms with van der Waals surface area (Å²) in [4.78, 5) is 16.2. The van der Waals surface area contributed by atoms with Gasteiger partial charge in [0, 0.05) is 11.6 Å². The summed E-state index contributed by atoms with van der Waals surface area (Å²) >= 11 is 0. The van der Waals surface area contributed by atoms with E-state index < -0.39 is 5.97 Å². The van der Waals surface area contributed by atoms with Crippen LogP contribution in [0, 0.1) is 6.92 Å². The molecule has 0 saturated heterocycles. The SMILES string of the molecule is Cc1oc(-c2ccccc2)nc1COC(=O)/C=C/c1ccccc1. The Balaban J connectivity index is 1.62. The van der Waals surface area contributed by atoms with Crippen molar-refractivity contribution in [3.05, 3.63) is 83.8 Å². The van der Waals surface area contributed by atoms with Crippen LogP contribution in [0.5, 0.6) is 0 Å². The lowest BCUT2D eigenvalue weighted by atomic mass is 10.2. The molecule has 0 spiro atoms. The molecule has 0 aliphatic heterocycles. The van der Waals surface area contributed by atoms with Crippen molar-refractivity contribution in [1.82, 2.24) is 4.98 Å². The molecule has 0 N–H and O–H groups in total. The van der Waals surface area contributed by atoms with Crippen LogP contribution in [0.4, 0.5) is 0 Å². The largest absolute Gasteiger partial charge is 0.456 e. The molecule has 0 bridgehead atoms. The van der Waals surface area contributed by atoms with Crippen molar-refractivity contribution in [3.63, 3.8) is 0 Å². The molecular weight excluding hydrogens is 302 g/mol. The molecule has 0 atom stereocenters. The zero-order valence-electron chi connectivity index (χ0n) is 13.3. The summed E-state index contributed by atoms with van der Waals surface area (Å²) in [5.74, 6) is 0.759. The zero-order chi connectivity index (χ0) is 16.8. The Morgan fingerprint density at radius 1 is 1.08 bits per heavy atom. The molecule has 0 fully saturated rings. The minimum absolute atomic E-state index is 0.0835. The molecule has 2 aromatic carbocycles. The third-order valence-electron chi connectivity index (χ3n) is 3.48. The number of benzene rings is 2. The van der Waals surface area contributed by atoms with Crippen LogP contribution in [-0.2, 0) is 16.1 Å². The van der Waals surface area contributed by atoms with E-state index in [1.165, 1.54) is 6.08 Å². The fraction of sp³-hybridized carbons (Fsp3) is 0.100. The summed E-state index contributed by atoms with van der Waals surface area (Å²) in [6, 6.07) is 19.2. The maximum absolute atomic E-state index is 11.8. The molecule has 3 aromatic rings. The summed E-state index contributed by atoms with van der Waals surface area (Å²) in [6.45, 7) is 1.89. The third kappa shape index (κ3) is 3.98. The summed E-state index contributed by atoms with van der Waals surface area (Å²) in [5.41, 5.74) is 2.45. The van der Waals surface area contributed by atoms with Crippen LogP contribution in [0.2, 0.25) is 0 Å². The fourth-order valence-corrected chi connectivity index (χ4v) is 2.18. The Morgan fingerprint density at radius 2 is 1.75 bits per heavy atom. The molecule has 0 aliphatic rings. The monoisotopic (exact) mass is 319 g/mol. The molecule has 24 heavy (non-hydrogen) atoms. The minimum atomic E-state index is -0.414. The highest BCUT2D eigenvalue weighted by atomic mass is 16.5. The van der Waals surface area contributed by atoms with E-state index in [9.17, 15) is 4.79 Å². The van der Waals surface area contributed by atoms with Gasteiger partial charge in [0.05, 0.1) is 0 Å². The number of rotatable bonds is 5. The molecule has 0 aliphatic carbocycles. The first-order chi connectivity index (χ1) is 11.7. The highest BCUT2D eigenvalue weighted by Crippen LogP contribution is 2.21. The summed E-state index contributed by atoms with van der Waals surface area (Å²) in [6.07, 6.45) is 3.12. The highest BCUT2D eigenvalue weighted by Gasteiger charge is 2.12. The maximum Gasteiger partial charge on any atom is 0.331 e. The van der Waals surface area contributed by atoms with Crippen molar-refractivity contribution >= 4 is 12.0 Å². The normalized spacial score (nSPS) is 10.9. The van der Waals surface area contributed by atoms with Crippen LogP contribution in [0.25, 0.3) is 17.5 Å². The second kappa shape index (κ2) is 7.42. The second-order valence-electron chi connectivity index (χ2n) is 5.24. The molecule has 0 unspecified atom stereocenters. The number of esters is 1. The number of carbonyl (C=O) groups excluding carboxylic acids is 1. The summed E-state index contributed by atoms with van der Waals surface area (Å²) in [5, 5.41) is 0. The van der Waals surface area contributed by atoms with Gasteiger partial charge in [-0.15, -0.1) is 0 Å². The van der Waals surface area contributed by atoms with Crippen LogP contribution in [0.3, 0.4) is 0 Å². The standard InChI is InChI=1S/C20H17NO3/c1-15-18(21-20(24-15)17-10-6-3-7-11-17)14-23-19(22)13-12-16-8-4-2-5-9-16/h2-13H,14H2,1H3/b13-12+. The van der Waals surface area contributed by atoms with Gasteiger partial charge in [0.25, 0.3) is 0 Å². The Morgan fingerprint density at radius 3 is 2.46 bits per heavy atom. The average molecular weight is 319 g/mol. The van der Waals surface area contributed by atoms with Gasteiger partial charge in [-0.25, -0.2) is 9.78 Å². The Kier molecular flexibility index (Phi) is 4.87.